The first-order chi connectivity index (χ1) is 31.9. The van der Waals surface area contributed by atoms with E-state index >= 15 is 0 Å². The van der Waals surface area contributed by atoms with Gasteiger partial charge in [0.25, 0.3) is 5.91 Å². The molecule has 0 saturated heterocycles. The molecule has 69 heavy (non-hydrogen) atoms. The zero-order valence-corrected chi connectivity index (χ0v) is 35.2. The SMILES string of the molecule is Cn1nc(C(F)(F)C(F)(F)F)c(OC(F)F)c1-n1cc(-c2ccc(Cl)c(C(=O)NC3(C#N)CC3)c2)nn1.Cn1nc(C(F)(F)C(F)(F)F)c(OC(F)F)c1-n1cc(-c2ccc(Cl)c(C(=O)O)c2)nn1. The number of hydrogen-bond donors (Lipinski definition) is 2. The topological polar surface area (TPSA) is 206 Å². The normalized spacial score (nSPS) is 13.8. The van der Waals surface area contributed by atoms with Crippen LogP contribution in [0.3, 0.4) is 0 Å². The number of carbonyl (C=O) groups excluding carboxylic acids is 1. The van der Waals surface area contributed by atoms with E-state index in [2.05, 4.69) is 45.6 Å². The molecule has 2 N–H and O–H groups in total. The quantitative estimate of drug-likeness (QED) is 0.104. The molecule has 1 amide bonds. The van der Waals surface area contributed by atoms with Crippen molar-refractivity contribution < 1.29 is 85.6 Å². The third-order valence-electron chi connectivity index (χ3n) is 9.41. The summed E-state index contributed by atoms with van der Waals surface area (Å²) in [5.41, 5.74) is -5.34. The summed E-state index contributed by atoms with van der Waals surface area (Å²) in [6.45, 7) is -7.53. The smallest absolute Gasteiger partial charge is 0.459 e. The fraction of sp³-hybridized carbons (Fsp3) is 0.306. The number of aromatic carboxylic acids is 1. The van der Waals surface area contributed by atoms with Gasteiger partial charge in [-0.3, -0.25) is 4.79 Å². The van der Waals surface area contributed by atoms with Crippen LogP contribution in [0.5, 0.6) is 11.5 Å². The standard InChI is InChI=1S/C20H13ClF7N7O2.C16H9ClF7N5O3/c1-34-16(13(37-17(22)23)14(32-34)19(24,25)20(26,27)28)35-7-12(31-33-35)9-2-3-11(21)10(6-9)15(36)30-18(8-29)4-5-18;1-28-12(10(32-14(18)19)11(26-28)15(20,21)16(22,23)24)29-5-9(25-27-29)6-2-3-8(17)7(4-6)13(30)31/h2-3,6-7,17H,4-5H2,1H3,(H,30,36);2-5,14H,1H3,(H,30,31). The van der Waals surface area contributed by atoms with E-state index in [1.807, 2.05) is 6.07 Å². The first-order valence-electron chi connectivity index (χ1n) is 18.3. The molecule has 0 aliphatic heterocycles. The fourth-order valence-electron chi connectivity index (χ4n) is 5.95. The number of ether oxygens (including phenoxy) is 2. The average molecular weight is 1040 g/mol. The molecule has 368 valence electrons. The number of aromatic nitrogens is 10. The highest BCUT2D eigenvalue weighted by atomic mass is 35.5. The number of aryl methyl sites for hydroxylation is 2. The van der Waals surface area contributed by atoms with Crippen LogP contribution in [0, 0.1) is 11.3 Å². The summed E-state index contributed by atoms with van der Waals surface area (Å²) in [4.78, 5) is 23.8. The van der Waals surface area contributed by atoms with Gasteiger partial charge in [-0.15, -0.1) is 10.2 Å². The van der Waals surface area contributed by atoms with Crippen molar-refractivity contribution in [2.24, 2.45) is 14.1 Å². The Bertz CT molecular complexity index is 2980. The van der Waals surface area contributed by atoms with Crippen LogP contribution in [0.2, 0.25) is 10.0 Å². The summed E-state index contributed by atoms with van der Waals surface area (Å²) >= 11 is 11.9. The molecule has 33 heteroatoms. The van der Waals surface area contributed by atoms with Gasteiger partial charge in [0.1, 0.15) is 16.9 Å². The van der Waals surface area contributed by atoms with Crippen molar-refractivity contribution in [2.45, 2.75) is 55.8 Å². The maximum Gasteiger partial charge on any atom is 0.459 e. The molecule has 0 radical (unpaired) electrons. The Balaban J connectivity index is 0.000000229. The molecule has 4 heterocycles. The largest absolute Gasteiger partial charge is 0.478 e. The van der Waals surface area contributed by atoms with Gasteiger partial charge in [0, 0.05) is 25.2 Å². The first kappa shape index (κ1) is 51.2. The van der Waals surface area contributed by atoms with Crippen molar-refractivity contribution in [1.29, 1.82) is 5.26 Å². The third kappa shape index (κ3) is 10.2. The maximum absolute atomic E-state index is 14.0. The molecule has 4 aromatic heterocycles. The second-order valence-corrected chi connectivity index (χ2v) is 14.9. The lowest BCUT2D eigenvalue weighted by Gasteiger charge is -2.18. The second-order valence-electron chi connectivity index (χ2n) is 14.1. The number of carboxylic acids is 1. The van der Waals surface area contributed by atoms with Crippen LogP contribution in [-0.4, -0.2) is 97.6 Å². The average Bonchev–Trinajstić information content (AvgIpc) is 3.60. The molecule has 7 rings (SSSR count). The van der Waals surface area contributed by atoms with E-state index in [4.69, 9.17) is 33.6 Å². The van der Waals surface area contributed by atoms with Crippen LogP contribution in [0.4, 0.5) is 61.5 Å². The predicted molar refractivity (Wildman–Crippen MR) is 202 cm³/mol. The maximum atomic E-state index is 14.0. The number of nitriles is 1. The fourth-order valence-corrected chi connectivity index (χ4v) is 6.35. The predicted octanol–water partition coefficient (Wildman–Crippen LogP) is 8.64. The van der Waals surface area contributed by atoms with E-state index in [-0.39, 0.29) is 43.7 Å². The van der Waals surface area contributed by atoms with Crippen molar-refractivity contribution in [2.75, 3.05) is 0 Å². The van der Waals surface area contributed by atoms with Crippen LogP contribution < -0.4 is 14.8 Å². The molecule has 1 aliphatic rings. The number of nitrogens with one attached hydrogen (secondary N) is 1. The highest BCUT2D eigenvalue weighted by Crippen LogP contribution is 2.50. The molecule has 1 aliphatic carbocycles. The number of carboxylic acid groups (broad SMARTS) is 1. The van der Waals surface area contributed by atoms with Crippen molar-refractivity contribution in [3.05, 3.63) is 81.4 Å². The van der Waals surface area contributed by atoms with Crippen LogP contribution >= 0.6 is 23.2 Å². The number of alkyl halides is 14. The molecule has 0 bridgehead atoms. The zero-order chi connectivity index (χ0) is 51.3. The lowest BCUT2D eigenvalue weighted by atomic mass is 10.1. The van der Waals surface area contributed by atoms with E-state index in [0.717, 1.165) is 32.6 Å². The van der Waals surface area contributed by atoms with Gasteiger partial charge in [-0.05, 0) is 37.1 Å². The molecular formula is C36H22Cl2F14N12O5. The van der Waals surface area contributed by atoms with E-state index in [1.54, 1.807) is 0 Å². The van der Waals surface area contributed by atoms with Gasteiger partial charge in [0.05, 0.1) is 39.6 Å². The molecule has 1 saturated carbocycles. The van der Waals surface area contributed by atoms with Gasteiger partial charge in [-0.25, -0.2) is 14.2 Å². The van der Waals surface area contributed by atoms with E-state index in [9.17, 15) is 71.1 Å². The minimum absolute atomic E-state index is 0.0284. The third-order valence-corrected chi connectivity index (χ3v) is 10.1. The van der Waals surface area contributed by atoms with E-state index in [0.29, 0.717) is 31.6 Å². The molecule has 0 spiro atoms. The van der Waals surface area contributed by atoms with Gasteiger partial charge in [-0.1, -0.05) is 45.8 Å². The van der Waals surface area contributed by atoms with Gasteiger partial charge in [0.15, 0.2) is 34.5 Å². The van der Waals surface area contributed by atoms with Crippen molar-refractivity contribution >= 4 is 35.1 Å². The number of hydrogen-bond acceptors (Lipinski definition) is 11. The first-order valence-corrected chi connectivity index (χ1v) is 19.0. The Morgan fingerprint density at radius 1 is 0.725 bits per heavy atom. The van der Waals surface area contributed by atoms with Crippen LogP contribution in [0.1, 0.15) is 44.9 Å². The van der Waals surface area contributed by atoms with Crippen molar-refractivity contribution in [1.82, 2.24) is 54.9 Å². The lowest BCUT2D eigenvalue weighted by molar-refractivity contribution is -0.291. The summed E-state index contributed by atoms with van der Waals surface area (Å²) in [6, 6.07) is 9.64. The molecular weight excluding hydrogens is 1020 g/mol. The van der Waals surface area contributed by atoms with E-state index in [1.165, 1.54) is 30.3 Å². The Morgan fingerprint density at radius 3 is 1.46 bits per heavy atom. The lowest BCUT2D eigenvalue weighted by Crippen LogP contribution is -2.35. The van der Waals surface area contributed by atoms with Crippen molar-refractivity contribution in [3.8, 4) is 51.7 Å². The summed E-state index contributed by atoms with van der Waals surface area (Å²) in [5.74, 6) is -18.0. The number of nitrogens with zero attached hydrogens (tertiary/aromatic N) is 11. The minimum Gasteiger partial charge on any atom is -0.478 e. The van der Waals surface area contributed by atoms with E-state index < -0.39 is 89.4 Å². The minimum atomic E-state index is -6.16. The summed E-state index contributed by atoms with van der Waals surface area (Å²) in [7, 11) is 1.81. The summed E-state index contributed by atoms with van der Waals surface area (Å²) in [6.07, 6.45) is -9.42. The molecule has 1 fully saturated rings. The monoisotopic (exact) mass is 1040 g/mol. The molecule has 0 atom stereocenters. The Morgan fingerprint density at radius 2 is 1.12 bits per heavy atom. The second kappa shape index (κ2) is 18.4. The van der Waals surface area contributed by atoms with Gasteiger partial charge < -0.3 is 19.9 Å². The summed E-state index contributed by atoms with van der Waals surface area (Å²) < 4.78 is 195. The van der Waals surface area contributed by atoms with Gasteiger partial charge in [-0.2, -0.15) is 86.3 Å². The number of carbonyl (C=O) groups is 2. The number of rotatable bonds is 13. The van der Waals surface area contributed by atoms with Crippen LogP contribution in [0.15, 0.2) is 48.8 Å². The Kier molecular flexibility index (Phi) is 13.6. The number of halogens is 16. The molecule has 6 aromatic rings. The highest BCUT2D eigenvalue weighted by Gasteiger charge is 2.64. The highest BCUT2D eigenvalue weighted by molar-refractivity contribution is 6.34. The van der Waals surface area contributed by atoms with Gasteiger partial charge >= 0.3 is 43.4 Å². The molecule has 17 nitrogen and oxygen atoms in total. The zero-order valence-electron chi connectivity index (χ0n) is 33.7. The summed E-state index contributed by atoms with van der Waals surface area (Å²) in [5, 5.41) is 41.4. The van der Waals surface area contributed by atoms with Gasteiger partial charge in [0.2, 0.25) is 0 Å². The van der Waals surface area contributed by atoms with Crippen LogP contribution in [0.25, 0.3) is 34.2 Å². The molecule has 2 aromatic carbocycles. The Hall–Kier alpha value is -7.23. The van der Waals surface area contributed by atoms with Crippen molar-refractivity contribution in [3.63, 3.8) is 0 Å². The Labute approximate surface area is 383 Å². The van der Waals surface area contributed by atoms with Crippen LogP contribution in [-0.2, 0) is 25.9 Å². The molecule has 0 unspecified atom stereocenters. The number of amides is 1. The number of benzene rings is 2.